The molecule has 0 atom stereocenters. The Balaban J connectivity index is 1.67. The molecule has 2 heteroatoms. The van der Waals surface area contributed by atoms with Crippen LogP contribution in [0.25, 0.3) is 21.5 Å². The minimum Gasteiger partial charge on any atom is -0.288 e. The fraction of sp³-hybridized carbons (Fsp3) is 0.0909. The second kappa shape index (κ2) is 4.44. The Morgan fingerprint density at radius 2 is 1.00 bits per heavy atom. The van der Waals surface area contributed by atoms with Crippen molar-refractivity contribution in [1.29, 1.82) is 0 Å². The molecule has 1 aliphatic carbocycles. The highest BCUT2D eigenvalue weighted by Crippen LogP contribution is 2.48. The van der Waals surface area contributed by atoms with E-state index in [0.717, 1.165) is 0 Å². The van der Waals surface area contributed by atoms with Crippen molar-refractivity contribution in [2.75, 3.05) is 0 Å². The Bertz CT molecular complexity index is 955. The van der Waals surface area contributed by atoms with Crippen molar-refractivity contribution in [2.24, 2.45) is 0 Å². The highest BCUT2D eigenvalue weighted by Gasteiger charge is 2.38. The van der Waals surface area contributed by atoms with Crippen molar-refractivity contribution in [1.82, 2.24) is 5.48 Å². The molecule has 0 fully saturated rings. The normalized spacial score (nSPS) is 21.0. The van der Waals surface area contributed by atoms with Gasteiger partial charge in [-0.2, -0.15) is 5.48 Å². The first kappa shape index (κ1) is 12.7. The lowest BCUT2D eigenvalue weighted by Gasteiger charge is -2.40. The Kier molecular flexibility index (Phi) is 2.35. The molecule has 24 heavy (non-hydrogen) atoms. The Labute approximate surface area is 139 Å². The number of nitrogens with one attached hydrogen (secondary N) is 1. The summed E-state index contributed by atoms with van der Waals surface area (Å²) in [5.74, 6) is 0. The van der Waals surface area contributed by atoms with Gasteiger partial charge >= 0.3 is 0 Å². The topological polar surface area (TPSA) is 21.3 Å². The average Bonchev–Trinajstić information content (AvgIpc) is 2.65. The molecule has 0 saturated heterocycles. The van der Waals surface area contributed by atoms with E-state index in [0.29, 0.717) is 0 Å². The van der Waals surface area contributed by atoms with Crippen LogP contribution >= 0.6 is 0 Å². The first-order chi connectivity index (χ1) is 11.9. The van der Waals surface area contributed by atoms with Gasteiger partial charge in [-0.15, -0.1) is 0 Å². The summed E-state index contributed by atoms with van der Waals surface area (Å²) in [4.78, 5) is 5.98. The highest BCUT2D eigenvalue weighted by molar-refractivity contribution is 5.88. The molecule has 2 bridgehead atoms. The molecule has 114 valence electrons. The van der Waals surface area contributed by atoms with E-state index >= 15 is 0 Å². The monoisotopic (exact) mass is 309 g/mol. The number of rotatable bonds is 0. The zero-order valence-electron chi connectivity index (χ0n) is 13.0. The van der Waals surface area contributed by atoms with Crippen LogP contribution in [0, 0.1) is 0 Å². The lowest BCUT2D eigenvalue weighted by Crippen LogP contribution is -2.38. The zero-order valence-corrected chi connectivity index (χ0v) is 13.0. The lowest BCUT2D eigenvalue weighted by molar-refractivity contribution is -0.0473. The summed E-state index contributed by atoms with van der Waals surface area (Å²) < 4.78 is 0. The molecule has 7 rings (SSSR count). The van der Waals surface area contributed by atoms with E-state index in [1.54, 1.807) is 0 Å². The van der Waals surface area contributed by atoms with Crippen LogP contribution in [-0.4, -0.2) is 0 Å². The maximum absolute atomic E-state index is 5.98. The summed E-state index contributed by atoms with van der Waals surface area (Å²) >= 11 is 0. The molecule has 0 spiro atoms. The van der Waals surface area contributed by atoms with Gasteiger partial charge in [-0.3, -0.25) is 4.84 Å². The van der Waals surface area contributed by atoms with Crippen LogP contribution in [0.5, 0.6) is 0 Å². The van der Waals surface area contributed by atoms with Gasteiger partial charge in [0, 0.05) is 0 Å². The number of hydrogen-bond acceptors (Lipinski definition) is 2. The molecule has 4 aromatic rings. The highest BCUT2D eigenvalue weighted by atomic mass is 16.7. The Morgan fingerprint density at radius 1 is 0.583 bits per heavy atom. The number of benzene rings is 4. The van der Waals surface area contributed by atoms with Crippen molar-refractivity contribution in [3.05, 3.63) is 95.1 Å². The molecule has 1 N–H and O–H groups in total. The quantitative estimate of drug-likeness (QED) is 0.492. The van der Waals surface area contributed by atoms with E-state index in [4.69, 9.17) is 4.84 Å². The van der Waals surface area contributed by atoms with Gasteiger partial charge in [0.05, 0.1) is 6.04 Å². The molecule has 0 aromatic heterocycles. The van der Waals surface area contributed by atoms with E-state index in [2.05, 4.69) is 78.3 Å². The Morgan fingerprint density at radius 3 is 1.46 bits per heavy atom. The van der Waals surface area contributed by atoms with Crippen LogP contribution in [0.15, 0.2) is 72.8 Å². The third-order valence-electron chi connectivity index (χ3n) is 5.39. The number of hydroxylamine groups is 1. The lowest BCUT2D eigenvalue weighted by atomic mass is 9.77. The maximum Gasteiger partial charge on any atom is 0.130 e. The van der Waals surface area contributed by atoms with Gasteiger partial charge in [0.1, 0.15) is 6.10 Å². The van der Waals surface area contributed by atoms with Gasteiger partial charge < -0.3 is 0 Å². The molecule has 4 aromatic carbocycles. The summed E-state index contributed by atoms with van der Waals surface area (Å²) in [6, 6.07) is 26.4. The SMILES string of the molecule is c1ccc2cc3c(cc2c1)C1NOC3c2cc3ccccc3cc21. The molecular formula is C22H15NO. The van der Waals surface area contributed by atoms with Crippen LogP contribution < -0.4 is 5.48 Å². The molecular weight excluding hydrogens is 294 g/mol. The van der Waals surface area contributed by atoms with E-state index < -0.39 is 0 Å². The first-order valence-electron chi connectivity index (χ1n) is 8.35. The van der Waals surface area contributed by atoms with E-state index in [1.165, 1.54) is 43.8 Å². The third kappa shape index (κ3) is 1.57. The summed E-state index contributed by atoms with van der Waals surface area (Å²) in [6.07, 6.45) is -0.0331. The first-order valence-corrected chi connectivity index (χ1v) is 8.35. The van der Waals surface area contributed by atoms with Gasteiger partial charge in [0.25, 0.3) is 0 Å². The molecule has 0 saturated carbocycles. The largest absolute Gasteiger partial charge is 0.288 e. The van der Waals surface area contributed by atoms with Crippen LogP contribution in [0.1, 0.15) is 34.4 Å². The summed E-state index contributed by atoms with van der Waals surface area (Å²) in [5, 5.41) is 5.12. The van der Waals surface area contributed by atoms with Crippen molar-refractivity contribution >= 4 is 21.5 Å². The summed E-state index contributed by atoms with van der Waals surface area (Å²) in [7, 11) is 0. The minimum atomic E-state index is -0.0331. The molecule has 0 radical (unpaired) electrons. The number of fused-ring (bicyclic) bond motifs is 3. The van der Waals surface area contributed by atoms with Crippen molar-refractivity contribution in [3.8, 4) is 0 Å². The van der Waals surface area contributed by atoms with Crippen molar-refractivity contribution in [3.63, 3.8) is 0 Å². The van der Waals surface area contributed by atoms with Crippen LogP contribution in [0.3, 0.4) is 0 Å². The summed E-state index contributed by atoms with van der Waals surface area (Å²) in [5.41, 5.74) is 8.53. The van der Waals surface area contributed by atoms with Gasteiger partial charge in [-0.1, -0.05) is 48.5 Å². The van der Waals surface area contributed by atoms with Crippen LogP contribution in [-0.2, 0) is 4.84 Å². The second-order valence-electron chi connectivity index (χ2n) is 6.71. The molecule has 0 unspecified atom stereocenters. The minimum absolute atomic E-state index is 0.0331. The molecule has 2 nitrogen and oxygen atoms in total. The van der Waals surface area contributed by atoms with Crippen LogP contribution in [0.4, 0.5) is 0 Å². The number of hydrogen-bond donors (Lipinski definition) is 1. The zero-order chi connectivity index (χ0) is 15.7. The van der Waals surface area contributed by atoms with Gasteiger partial charge in [0.2, 0.25) is 0 Å². The second-order valence-corrected chi connectivity index (χ2v) is 6.71. The molecule has 2 aliphatic heterocycles. The predicted molar refractivity (Wildman–Crippen MR) is 95.8 cm³/mol. The molecule has 2 heterocycles. The van der Waals surface area contributed by atoms with Crippen LogP contribution in [0.2, 0.25) is 0 Å². The molecule has 3 aliphatic rings. The van der Waals surface area contributed by atoms with Crippen molar-refractivity contribution in [2.45, 2.75) is 12.1 Å². The molecule has 0 amide bonds. The summed E-state index contributed by atoms with van der Waals surface area (Å²) in [6.45, 7) is 0. The fourth-order valence-corrected chi connectivity index (χ4v) is 4.23. The van der Waals surface area contributed by atoms with Crippen molar-refractivity contribution < 1.29 is 4.84 Å². The Hall–Kier alpha value is -2.68. The smallest absolute Gasteiger partial charge is 0.130 e. The average molecular weight is 309 g/mol. The fourth-order valence-electron chi connectivity index (χ4n) is 4.23. The van der Waals surface area contributed by atoms with Gasteiger partial charge in [-0.05, 0) is 68.1 Å². The predicted octanol–water partition coefficient (Wildman–Crippen LogP) is 5.02. The standard InChI is InChI=1S/C22H15NO/c1-3-7-15-11-19-17(9-13(15)5-1)21-18-10-14-6-2-4-8-16(14)12-20(18)22(19)24-23-21/h1-12,21-23H. The van der Waals surface area contributed by atoms with Gasteiger partial charge in [-0.25, -0.2) is 0 Å². The van der Waals surface area contributed by atoms with E-state index in [9.17, 15) is 0 Å². The third-order valence-corrected chi connectivity index (χ3v) is 5.39. The van der Waals surface area contributed by atoms with Gasteiger partial charge in [0.15, 0.2) is 0 Å². The van der Waals surface area contributed by atoms with E-state index in [-0.39, 0.29) is 12.1 Å². The maximum atomic E-state index is 5.98. The van der Waals surface area contributed by atoms with E-state index in [1.807, 2.05) is 0 Å².